The highest BCUT2D eigenvalue weighted by molar-refractivity contribution is 5.76. The minimum absolute atomic E-state index is 0.0975. The maximum absolute atomic E-state index is 13.0. The quantitative estimate of drug-likeness (QED) is 0.559. The monoisotopic (exact) mass is 476 g/mol. The number of aromatic nitrogens is 2. The third-order valence-corrected chi connectivity index (χ3v) is 6.26. The topological polar surface area (TPSA) is 86.1 Å². The Bertz CT molecular complexity index is 1250. The number of carbonyl (C=O) groups is 1. The lowest BCUT2D eigenvalue weighted by atomic mass is 10.1. The second-order valence-corrected chi connectivity index (χ2v) is 8.49. The number of benzene rings is 2. The molecule has 0 atom stereocenters. The van der Waals surface area contributed by atoms with E-state index in [9.17, 15) is 9.59 Å². The molecule has 1 amide bonds. The number of hydrogen-bond acceptors (Lipinski definition) is 7. The molecule has 1 fully saturated rings. The van der Waals surface area contributed by atoms with Crippen LogP contribution in [-0.4, -0.2) is 67.1 Å². The summed E-state index contributed by atoms with van der Waals surface area (Å²) in [5, 5.41) is 4.47. The van der Waals surface area contributed by atoms with Crippen LogP contribution in [0.1, 0.15) is 6.42 Å². The van der Waals surface area contributed by atoms with Crippen LogP contribution >= 0.6 is 0 Å². The van der Waals surface area contributed by atoms with Gasteiger partial charge in [0.15, 0.2) is 11.5 Å². The molecule has 182 valence electrons. The molecule has 0 aliphatic carbocycles. The van der Waals surface area contributed by atoms with Crippen molar-refractivity contribution >= 4 is 11.6 Å². The molecule has 3 aromatic rings. The van der Waals surface area contributed by atoms with Gasteiger partial charge in [-0.25, -0.2) is 4.68 Å². The van der Waals surface area contributed by atoms with Crippen molar-refractivity contribution in [2.75, 3.05) is 51.4 Å². The third-order valence-electron chi connectivity index (χ3n) is 6.26. The molecule has 0 radical (unpaired) electrons. The van der Waals surface area contributed by atoms with Crippen molar-refractivity contribution in [3.63, 3.8) is 0 Å². The maximum Gasteiger partial charge on any atom is 0.267 e. The van der Waals surface area contributed by atoms with E-state index in [0.717, 1.165) is 36.5 Å². The highest BCUT2D eigenvalue weighted by Crippen LogP contribution is 2.33. The average Bonchev–Trinajstić information content (AvgIpc) is 3.15. The Balaban J connectivity index is 1.25. The van der Waals surface area contributed by atoms with Crippen LogP contribution in [0.2, 0.25) is 0 Å². The Kier molecular flexibility index (Phi) is 6.56. The normalized spacial score (nSPS) is 15.5. The van der Waals surface area contributed by atoms with Crippen LogP contribution in [0.3, 0.4) is 0 Å². The van der Waals surface area contributed by atoms with Crippen LogP contribution in [0.5, 0.6) is 17.2 Å². The van der Waals surface area contributed by atoms with E-state index >= 15 is 0 Å². The fourth-order valence-electron chi connectivity index (χ4n) is 4.27. The van der Waals surface area contributed by atoms with E-state index in [1.807, 2.05) is 42.5 Å². The summed E-state index contributed by atoms with van der Waals surface area (Å²) in [4.78, 5) is 29.5. The number of ether oxygens (including phenoxy) is 3. The smallest absolute Gasteiger partial charge is 0.267 e. The first-order valence-electron chi connectivity index (χ1n) is 11.8. The SMILES string of the molecule is COc1ccc(N2CCN(C(=O)Cn3nc(-c4ccc5c(c4)OCCCO5)ccc3=O)CC2)cc1. The fraction of sp³-hybridized carbons (Fsp3) is 0.346. The van der Waals surface area contributed by atoms with Gasteiger partial charge in [-0.2, -0.15) is 5.10 Å². The molecule has 9 heteroatoms. The minimum atomic E-state index is -0.312. The van der Waals surface area contributed by atoms with Gasteiger partial charge >= 0.3 is 0 Å². The van der Waals surface area contributed by atoms with E-state index in [1.165, 1.54) is 10.7 Å². The first kappa shape index (κ1) is 22.8. The molecule has 35 heavy (non-hydrogen) atoms. The third kappa shape index (κ3) is 5.08. The standard InChI is InChI=1S/C26H28N4O5/c1-33-21-6-4-20(5-7-21)28-11-13-29(14-12-28)26(32)18-30-25(31)10-8-22(27-30)19-3-9-23-24(17-19)35-16-2-15-34-23/h3-10,17H,2,11-16,18H2,1H3. The van der Waals surface area contributed by atoms with Crippen LogP contribution in [0, 0.1) is 0 Å². The van der Waals surface area contributed by atoms with Crippen molar-refractivity contribution in [3.8, 4) is 28.5 Å². The summed E-state index contributed by atoms with van der Waals surface area (Å²) in [6, 6.07) is 16.6. The van der Waals surface area contributed by atoms with Gasteiger partial charge in [-0.15, -0.1) is 0 Å². The van der Waals surface area contributed by atoms with Gasteiger partial charge in [-0.1, -0.05) is 0 Å². The zero-order valence-electron chi connectivity index (χ0n) is 19.7. The van der Waals surface area contributed by atoms with Crippen molar-refractivity contribution in [1.29, 1.82) is 0 Å². The van der Waals surface area contributed by atoms with Crippen LogP contribution in [-0.2, 0) is 11.3 Å². The lowest BCUT2D eigenvalue weighted by Crippen LogP contribution is -2.50. The van der Waals surface area contributed by atoms with Crippen molar-refractivity contribution in [2.45, 2.75) is 13.0 Å². The fourth-order valence-corrected chi connectivity index (χ4v) is 4.27. The van der Waals surface area contributed by atoms with Gasteiger partial charge in [0, 0.05) is 49.9 Å². The number of rotatable bonds is 5. The molecule has 2 aliphatic rings. The Morgan fingerprint density at radius 2 is 1.69 bits per heavy atom. The molecule has 0 N–H and O–H groups in total. The van der Waals surface area contributed by atoms with Gasteiger partial charge in [0.2, 0.25) is 5.91 Å². The van der Waals surface area contributed by atoms with Crippen molar-refractivity contribution < 1.29 is 19.0 Å². The summed E-state index contributed by atoms with van der Waals surface area (Å²) >= 11 is 0. The zero-order chi connectivity index (χ0) is 24.2. The number of anilines is 1. The first-order valence-corrected chi connectivity index (χ1v) is 11.8. The summed E-state index contributed by atoms with van der Waals surface area (Å²) < 4.78 is 17.9. The second kappa shape index (κ2) is 10.1. The predicted molar refractivity (Wildman–Crippen MR) is 131 cm³/mol. The number of hydrogen-bond donors (Lipinski definition) is 0. The van der Waals surface area contributed by atoms with Crippen LogP contribution in [0.15, 0.2) is 59.4 Å². The molecular weight excluding hydrogens is 448 g/mol. The van der Waals surface area contributed by atoms with Crippen molar-refractivity contribution in [1.82, 2.24) is 14.7 Å². The van der Waals surface area contributed by atoms with E-state index in [2.05, 4.69) is 10.00 Å². The lowest BCUT2D eigenvalue weighted by molar-refractivity contribution is -0.132. The summed E-state index contributed by atoms with van der Waals surface area (Å²) in [7, 11) is 1.65. The van der Waals surface area contributed by atoms with Crippen LogP contribution in [0.4, 0.5) is 5.69 Å². The molecule has 5 rings (SSSR count). The van der Waals surface area contributed by atoms with Crippen molar-refractivity contribution in [2.24, 2.45) is 0 Å². The predicted octanol–water partition coefficient (Wildman–Crippen LogP) is 2.43. The number of fused-ring (bicyclic) bond motifs is 1. The highest BCUT2D eigenvalue weighted by atomic mass is 16.5. The van der Waals surface area contributed by atoms with Crippen molar-refractivity contribution in [3.05, 3.63) is 65.0 Å². The van der Waals surface area contributed by atoms with Crippen LogP contribution in [0.25, 0.3) is 11.3 Å². The van der Waals surface area contributed by atoms with Gasteiger partial charge in [-0.3, -0.25) is 9.59 Å². The Morgan fingerprint density at radius 1 is 0.943 bits per heavy atom. The minimum Gasteiger partial charge on any atom is -0.497 e. The van der Waals surface area contributed by atoms with Gasteiger partial charge in [0.1, 0.15) is 12.3 Å². The van der Waals surface area contributed by atoms with E-state index in [1.54, 1.807) is 18.1 Å². The van der Waals surface area contributed by atoms with Gasteiger partial charge < -0.3 is 24.0 Å². The molecule has 9 nitrogen and oxygen atoms in total. The Labute approximate surface area is 203 Å². The summed E-state index contributed by atoms with van der Waals surface area (Å²) in [5.41, 5.74) is 2.17. The second-order valence-electron chi connectivity index (χ2n) is 8.49. The Hall–Kier alpha value is -4.01. The molecule has 2 aliphatic heterocycles. The lowest BCUT2D eigenvalue weighted by Gasteiger charge is -2.36. The number of methoxy groups -OCH3 is 1. The number of carbonyl (C=O) groups excluding carboxylic acids is 1. The average molecular weight is 477 g/mol. The molecule has 1 aromatic heterocycles. The molecular formula is C26H28N4O5. The van der Waals surface area contributed by atoms with E-state index < -0.39 is 0 Å². The number of amides is 1. The Morgan fingerprint density at radius 3 is 2.43 bits per heavy atom. The first-order chi connectivity index (χ1) is 17.1. The van der Waals surface area contributed by atoms with Gasteiger partial charge in [0.25, 0.3) is 5.56 Å². The highest BCUT2D eigenvalue weighted by Gasteiger charge is 2.22. The van der Waals surface area contributed by atoms with E-state index in [0.29, 0.717) is 43.5 Å². The summed E-state index contributed by atoms with van der Waals surface area (Å²) in [6.45, 7) is 3.72. The molecule has 0 unspecified atom stereocenters. The van der Waals surface area contributed by atoms with Crippen LogP contribution < -0.4 is 24.7 Å². The molecule has 0 spiro atoms. The molecule has 1 saturated heterocycles. The summed E-state index contributed by atoms with van der Waals surface area (Å²) in [6.07, 6.45) is 0.823. The van der Waals surface area contributed by atoms with Gasteiger partial charge in [0.05, 0.1) is 26.0 Å². The zero-order valence-corrected chi connectivity index (χ0v) is 19.7. The summed E-state index contributed by atoms with van der Waals surface area (Å²) in [5.74, 6) is 2.05. The molecule has 0 bridgehead atoms. The van der Waals surface area contributed by atoms with E-state index in [4.69, 9.17) is 14.2 Å². The van der Waals surface area contributed by atoms with E-state index in [-0.39, 0.29) is 18.0 Å². The molecule has 0 saturated carbocycles. The number of nitrogens with zero attached hydrogens (tertiary/aromatic N) is 4. The molecule has 2 aromatic carbocycles. The van der Waals surface area contributed by atoms with Gasteiger partial charge in [-0.05, 0) is 48.5 Å². The maximum atomic E-state index is 13.0. The molecule has 3 heterocycles. The number of piperazine rings is 1. The largest absolute Gasteiger partial charge is 0.497 e.